The third-order valence-corrected chi connectivity index (χ3v) is 10.8. The van der Waals surface area contributed by atoms with E-state index in [1.165, 1.54) is 27.4 Å². The number of carbonyl (C=O) groups is 1. The molecule has 2 aliphatic heterocycles. The quantitative estimate of drug-likeness (QED) is 0.653. The molecule has 2 fully saturated rings. The molecule has 1 N–H and O–H groups in total. The van der Waals surface area contributed by atoms with Crippen LogP contribution in [0.4, 0.5) is 10.5 Å². The lowest BCUT2D eigenvalue weighted by Gasteiger charge is -2.45. The first-order chi connectivity index (χ1) is 15.5. The van der Waals surface area contributed by atoms with Crippen LogP contribution in [0.3, 0.4) is 0 Å². The second kappa shape index (κ2) is 9.07. The van der Waals surface area contributed by atoms with Crippen LogP contribution < -0.4 is 5.32 Å². The molecule has 2 heterocycles. The number of anilines is 1. The first kappa shape index (κ1) is 24.3. The Kier molecular flexibility index (Phi) is 6.67. The number of sulfone groups is 1. The molecule has 178 valence electrons. The molecule has 2 aromatic carbocycles. The number of piperidine rings is 1. The van der Waals surface area contributed by atoms with Crippen LogP contribution in [-0.4, -0.2) is 68.8 Å². The van der Waals surface area contributed by atoms with Gasteiger partial charge in [0.1, 0.15) is 0 Å². The van der Waals surface area contributed by atoms with Crippen molar-refractivity contribution in [3.05, 3.63) is 58.1 Å². The van der Waals surface area contributed by atoms with Gasteiger partial charge in [-0.2, -0.15) is 4.31 Å². The molecule has 0 spiro atoms. The fourth-order valence-corrected chi connectivity index (χ4v) is 8.02. The number of benzene rings is 2. The minimum absolute atomic E-state index is 0.0291. The molecular formula is C21H23Cl2N3O5S2. The lowest BCUT2D eigenvalue weighted by molar-refractivity contribution is 0.155. The molecule has 2 unspecified atom stereocenters. The van der Waals surface area contributed by atoms with E-state index in [1.54, 1.807) is 24.3 Å². The van der Waals surface area contributed by atoms with Crippen molar-refractivity contribution in [3.8, 4) is 0 Å². The molecule has 8 nitrogen and oxygen atoms in total. The summed E-state index contributed by atoms with van der Waals surface area (Å²) in [5, 5.41) is 2.36. The first-order valence-corrected chi connectivity index (χ1v) is 14.2. The van der Waals surface area contributed by atoms with E-state index < -0.39 is 37.2 Å². The van der Waals surface area contributed by atoms with Crippen molar-refractivity contribution in [1.82, 2.24) is 9.21 Å². The van der Waals surface area contributed by atoms with Crippen LogP contribution in [0.25, 0.3) is 0 Å². The summed E-state index contributed by atoms with van der Waals surface area (Å²) in [6.07, 6.45) is 0.212. The number of halogens is 2. The zero-order chi connectivity index (χ0) is 24.0. The van der Waals surface area contributed by atoms with Gasteiger partial charge in [-0.25, -0.2) is 21.6 Å². The second-order valence-corrected chi connectivity index (χ2v) is 13.3. The first-order valence-electron chi connectivity index (χ1n) is 10.3. The number of urea groups is 1. The van der Waals surface area contributed by atoms with Crippen molar-refractivity contribution >= 4 is 54.8 Å². The lowest BCUT2D eigenvalue weighted by atomic mass is 10.0. The average molecular weight is 532 g/mol. The van der Waals surface area contributed by atoms with E-state index in [1.807, 2.05) is 6.92 Å². The van der Waals surface area contributed by atoms with Gasteiger partial charge in [0.25, 0.3) is 0 Å². The van der Waals surface area contributed by atoms with E-state index in [-0.39, 0.29) is 41.7 Å². The van der Waals surface area contributed by atoms with Crippen LogP contribution in [0.2, 0.25) is 10.0 Å². The molecule has 0 aromatic heterocycles. The number of rotatable bonds is 3. The molecule has 2 saturated heterocycles. The Balaban J connectivity index is 1.55. The smallest absolute Gasteiger partial charge is 0.319 e. The standard InChI is InChI=1S/C21H23Cl2N3O5S2/c1-14-2-5-16(6-3-14)33(30,31)25-9-8-19-20(13-25)32(28,29)11-10-26(19)21(27)24-15-4-7-17(22)18(23)12-15/h2-7,12,19-20H,8-11,13H2,1H3,(H,24,27). The molecule has 2 aromatic rings. The molecule has 33 heavy (non-hydrogen) atoms. The maximum absolute atomic E-state index is 13.1. The van der Waals surface area contributed by atoms with Crippen LogP contribution in [0.1, 0.15) is 12.0 Å². The monoisotopic (exact) mass is 531 g/mol. The Bertz CT molecular complexity index is 1280. The largest absolute Gasteiger partial charge is 0.322 e. The Labute approximate surface area is 203 Å². The number of amides is 2. The highest BCUT2D eigenvalue weighted by Crippen LogP contribution is 2.31. The predicted molar refractivity (Wildman–Crippen MR) is 128 cm³/mol. The van der Waals surface area contributed by atoms with Crippen molar-refractivity contribution in [2.75, 3.05) is 30.7 Å². The van der Waals surface area contributed by atoms with Gasteiger partial charge < -0.3 is 10.2 Å². The topological polar surface area (TPSA) is 104 Å². The number of sulfonamides is 1. The number of hydrogen-bond donors (Lipinski definition) is 1. The minimum atomic E-state index is -3.85. The fraction of sp³-hybridized carbons (Fsp3) is 0.381. The summed E-state index contributed by atoms with van der Waals surface area (Å²) in [5.41, 5.74) is 1.35. The molecule has 12 heteroatoms. The molecular weight excluding hydrogens is 509 g/mol. The molecule has 2 aliphatic rings. The Morgan fingerprint density at radius 3 is 2.42 bits per heavy atom. The average Bonchev–Trinajstić information content (AvgIpc) is 2.76. The van der Waals surface area contributed by atoms with E-state index in [2.05, 4.69) is 5.32 Å². The highest BCUT2D eigenvalue weighted by atomic mass is 35.5. The van der Waals surface area contributed by atoms with Gasteiger partial charge in [-0.05, 0) is 43.7 Å². The molecule has 2 atom stereocenters. The Hall–Kier alpha value is -1.85. The van der Waals surface area contributed by atoms with Gasteiger partial charge in [0, 0.05) is 25.3 Å². The van der Waals surface area contributed by atoms with Crippen molar-refractivity contribution in [2.24, 2.45) is 0 Å². The maximum atomic E-state index is 13.1. The highest BCUT2D eigenvalue weighted by Gasteiger charge is 2.48. The third kappa shape index (κ3) is 4.85. The zero-order valence-electron chi connectivity index (χ0n) is 17.7. The van der Waals surface area contributed by atoms with Gasteiger partial charge in [0.2, 0.25) is 10.0 Å². The highest BCUT2D eigenvalue weighted by molar-refractivity contribution is 7.92. The Morgan fingerprint density at radius 2 is 1.76 bits per heavy atom. The summed E-state index contributed by atoms with van der Waals surface area (Å²) in [6, 6.07) is 10.0. The molecule has 0 saturated carbocycles. The molecule has 4 rings (SSSR count). The van der Waals surface area contributed by atoms with Crippen molar-refractivity contribution in [2.45, 2.75) is 29.5 Å². The van der Waals surface area contributed by atoms with Crippen LogP contribution in [0.5, 0.6) is 0 Å². The summed E-state index contributed by atoms with van der Waals surface area (Å²) in [4.78, 5) is 14.6. The van der Waals surface area contributed by atoms with Crippen molar-refractivity contribution in [3.63, 3.8) is 0 Å². The Morgan fingerprint density at radius 1 is 1.06 bits per heavy atom. The lowest BCUT2D eigenvalue weighted by Crippen LogP contribution is -2.64. The van der Waals surface area contributed by atoms with E-state index in [9.17, 15) is 21.6 Å². The summed E-state index contributed by atoms with van der Waals surface area (Å²) in [6.45, 7) is 1.80. The van der Waals surface area contributed by atoms with E-state index >= 15 is 0 Å². The van der Waals surface area contributed by atoms with Gasteiger partial charge in [-0.15, -0.1) is 0 Å². The van der Waals surface area contributed by atoms with Gasteiger partial charge in [-0.1, -0.05) is 40.9 Å². The predicted octanol–water partition coefficient (Wildman–Crippen LogP) is 3.40. The van der Waals surface area contributed by atoms with Crippen LogP contribution >= 0.6 is 23.2 Å². The van der Waals surface area contributed by atoms with Crippen LogP contribution in [0.15, 0.2) is 47.4 Å². The SMILES string of the molecule is Cc1ccc(S(=O)(=O)N2CCC3C(C2)S(=O)(=O)CCN3C(=O)Nc2ccc(Cl)c(Cl)c2)cc1. The number of nitrogens with zero attached hydrogens (tertiary/aromatic N) is 2. The van der Waals surface area contributed by atoms with Gasteiger partial charge in [0.15, 0.2) is 9.84 Å². The van der Waals surface area contributed by atoms with Crippen LogP contribution in [-0.2, 0) is 19.9 Å². The number of nitrogens with one attached hydrogen (secondary N) is 1. The third-order valence-electron chi connectivity index (χ3n) is 6.06. The van der Waals surface area contributed by atoms with Crippen LogP contribution in [0, 0.1) is 6.92 Å². The number of aryl methyl sites for hydroxylation is 1. The summed E-state index contributed by atoms with van der Waals surface area (Å²) < 4.78 is 53.2. The summed E-state index contributed by atoms with van der Waals surface area (Å²) >= 11 is 11.9. The number of hydrogen-bond acceptors (Lipinski definition) is 5. The summed E-state index contributed by atoms with van der Waals surface area (Å²) in [5.74, 6) is -0.235. The minimum Gasteiger partial charge on any atom is -0.319 e. The molecule has 0 aliphatic carbocycles. The van der Waals surface area contributed by atoms with Gasteiger partial charge >= 0.3 is 6.03 Å². The molecule has 0 bridgehead atoms. The maximum Gasteiger partial charge on any atom is 0.322 e. The van der Waals surface area contributed by atoms with E-state index in [4.69, 9.17) is 23.2 Å². The zero-order valence-corrected chi connectivity index (χ0v) is 20.9. The summed E-state index contributed by atoms with van der Waals surface area (Å²) in [7, 11) is -7.44. The molecule has 0 radical (unpaired) electrons. The second-order valence-electron chi connectivity index (χ2n) is 8.19. The van der Waals surface area contributed by atoms with Gasteiger partial charge in [0.05, 0.1) is 32.0 Å². The van der Waals surface area contributed by atoms with Gasteiger partial charge in [-0.3, -0.25) is 0 Å². The number of carbonyl (C=O) groups excluding carboxylic acids is 1. The molecule has 2 amide bonds. The van der Waals surface area contributed by atoms with E-state index in [0.29, 0.717) is 10.7 Å². The van der Waals surface area contributed by atoms with Crippen molar-refractivity contribution in [1.29, 1.82) is 0 Å². The normalized spacial score (nSPS) is 23.1. The van der Waals surface area contributed by atoms with Crippen molar-refractivity contribution < 1.29 is 21.6 Å². The number of fused-ring (bicyclic) bond motifs is 1. The van der Waals surface area contributed by atoms with E-state index in [0.717, 1.165) is 5.56 Å². The fourth-order valence-electron chi connectivity index (χ4n) is 4.23.